The molecule has 2 heterocycles. The second-order valence-electron chi connectivity index (χ2n) is 7.02. The number of ether oxygens (including phenoxy) is 2. The summed E-state index contributed by atoms with van der Waals surface area (Å²) in [5.74, 6) is 0.959. The predicted octanol–water partition coefficient (Wildman–Crippen LogP) is 5.54. The van der Waals surface area contributed by atoms with E-state index < -0.39 is 0 Å². The lowest BCUT2D eigenvalue weighted by atomic mass is 10.1. The lowest BCUT2D eigenvalue weighted by Crippen LogP contribution is -2.28. The number of halogens is 2. The lowest BCUT2D eigenvalue weighted by Gasteiger charge is -2.21. The largest absolute Gasteiger partial charge is 0.495 e. The second-order valence-corrected chi connectivity index (χ2v) is 7.86. The van der Waals surface area contributed by atoms with Crippen LogP contribution in [0.25, 0.3) is 10.9 Å². The molecule has 4 rings (SSSR count). The average Bonchev–Trinajstić information content (AvgIpc) is 3.29. The Kier molecular flexibility index (Phi) is 5.88. The number of likely N-dealkylation sites (tertiary alicyclic amines) is 1. The fourth-order valence-electron chi connectivity index (χ4n) is 3.64. The molecule has 8 heteroatoms. The van der Waals surface area contributed by atoms with E-state index in [-0.39, 0.29) is 5.91 Å². The molecule has 0 unspecified atom stereocenters. The number of carbonyl (C=O) groups is 1. The van der Waals surface area contributed by atoms with Gasteiger partial charge >= 0.3 is 0 Å². The third kappa shape index (κ3) is 3.85. The Labute approximate surface area is 184 Å². The monoisotopic (exact) mass is 445 g/mol. The molecule has 0 atom stereocenters. The van der Waals surface area contributed by atoms with Gasteiger partial charge in [-0.3, -0.25) is 9.78 Å². The van der Waals surface area contributed by atoms with E-state index in [2.05, 4.69) is 10.3 Å². The molecule has 6 nitrogen and oxygen atoms in total. The maximum atomic E-state index is 13.2. The van der Waals surface area contributed by atoms with Crippen LogP contribution >= 0.6 is 23.2 Å². The van der Waals surface area contributed by atoms with E-state index in [0.717, 1.165) is 36.8 Å². The van der Waals surface area contributed by atoms with Crippen molar-refractivity contribution in [3.63, 3.8) is 0 Å². The maximum absolute atomic E-state index is 13.2. The second kappa shape index (κ2) is 8.58. The van der Waals surface area contributed by atoms with Crippen LogP contribution in [0.15, 0.2) is 36.5 Å². The van der Waals surface area contributed by atoms with Gasteiger partial charge in [0.1, 0.15) is 11.5 Å². The first kappa shape index (κ1) is 20.6. The number of methoxy groups -OCH3 is 2. The minimum Gasteiger partial charge on any atom is -0.495 e. The minimum atomic E-state index is -0.0667. The van der Waals surface area contributed by atoms with Crippen LogP contribution in [0, 0.1) is 0 Å². The number of pyridine rings is 1. The molecule has 0 spiro atoms. The number of hydrogen-bond acceptors (Lipinski definition) is 5. The number of amides is 1. The lowest BCUT2D eigenvalue weighted by molar-refractivity contribution is 0.0793. The molecule has 0 bridgehead atoms. The van der Waals surface area contributed by atoms with Crippen molar-refractivity contribution in [3.8, 4) is 11.5 Å². The smallest absolute Gasteiger partial charge is 0.257 e. The van der Waals surface area contributed by atoms with Gasteiger partial charge in [-0.05, 0) is 37.1 Å². The fourth-order valence-corrected chi connectivity index (χ4v) is 4.06. The molecule has 1 fully saturated rings. The van der Waals surface area contributed by atoms with E-state index in [4.69, 9.17) is 32.7 Å². The van der Waals surface area contributed by atoms with Gasteiger partial charge in [0, 0.05) is 35.8 Å². The average molecular weight is 446 g/mol. The van der Waals surface area contributed by atoms with Crippen molar-refractivity contribution in [1.82, 2.24) is 9.88 Å². The van der Waals surface area contributed by atoms with Gasteiger partial charge in [-0.1, -0.05) is 23.2 Å². The Bertz CT molecular complexity index is 1110. The highest BCUT2D eigenvalue weighted by molar-refractivity contribution is 6.32. The Morgan fingerprint density at radius 2 is 1.80 bits per heavy atom. The van der Waals surface area contributed by atoms with Crippen LogP contribution in [0.2, 0.25) is 10.0 Å². The Morgan fingerprint density at radius 1 is 1.07 bits per heavy atom. The number of aromatic nitrogens is 1. The van der Waals surface area contributed by atoms with E-state index in [1.807, 2.05) is 11.0 Å². The van der Waals surface area contributed by atoms with Gasteiger partial charge in [-0.2, -0.15) is 0 Å². The van der Waals surface area contributed by atoms with Gasteiger partial charge in [-0.25, -0.2) is 0 Å². The summed E-state index contributed by atoms with van der Waals surface area (Å²) >= 11 is 12.6. The molecule has 2 aromatic carbocycles. The normalized spacial score (nSPS) is 13.5. The number of rotatable bonds is 5. The van der Waals surface area contributed by atoms with Gasteiger partial charge in [0.25, 0.3) is 5.91 Å². The molecular weight excluding hydrogens is 425 g/mol. The highest BCUT2D eigenvalue weighted by Crippen LogP contribution is 2.40. The molecule has 156 valence electrons. The summed E-state index contributed by atoms with van der Waals surface area (Å²) in [5.41, 5.74) is 2.41. The summed E-state index contributed by atoms with van der Waals surface area (Å²) in [6, 6.07) is 8.80. The maximum Gasteiger partial charge on any atom is 0.257 e. The Hall–Kier alpha value is -2.70. The van der Waals surface area contributed by atoms with Gasteiger partial charge in [0.05, 0.1) is 41.7 Å². The standard InChI is InChI=1S/C22H21Cl2N3O3/c1-29-19-11-20(30-2)18(10-16(19)24)26-21-14-9-13(23)5-6-17(14)25-12-15(21)22(28)27-7-3-4-8-27/h5-6,9-12H,3-4,7-8H2,1-2H3,(H,25,26). The summed E-state index contributed by atoms with van der Waals surface area (Å²) in [5, 5.41) is 5.06. The van der Waals surface area contributed by atoms with Crippen LogP contribution in [0.1, 0.15) is 23.2 Å². The summed E-state index contributed by atoms with van der Waals surface area (Å²) in [7, 11) is 3.10. The first-order valence-electron chi connectivity index (χ1n) is 9.58. The van der Waals surface area contributed by atoms with E-state index in [1.165, 1.54) is 0 Å². The van der Waals surface area contributed by atoms with Crippen LogP contribution < -0.4 is 14.8 Å². The molecule has 1 N–H and O–H groups in total. The first-order chi connectivity index (χ1) is 14.5. The van der Waals surface area contributed by atoms with Crippen molar-refractivity contribution in [2.24, 2.45) is 0 Å². The molecular formula is C22H21Cl2N3O3. The zero-order valence-corrected chi connectivity index (χ0v) is 18.2. The van der Waals surface area contributed by atoms with Crippen molar-refractivity contribution < 1.29 is 14.3 Å². The van der Waals surface area contributed by atoms with E-state index in [9.17, 15) is 4.79 Å². The van der Waals surface area contributed by atoms with Crippen molar-refractivity contribution >= 4 is 51.4 Å². The minimum absolute atomic E-state index is 0.0667. The molecule has 1 amide bonds. The zero-order chi connectivity index (χ0) is 21.3. The third-order valence-electron chi connectivity index (χ3n) is 5.19. The number of fused-ring (bicyclic) bond motifs is 1. The Morgan fingerprint density at radius 3 is 2.50 bits per heavy atom. The predicted molar refractivity (Wildman–Crippen MR) is 120 cm³/mol. The SMILES string of the molecule is COc1cc(OC)c(Nc2c(C(=O)N3CCCC3)cnc3ccc(Cl)cc23)cc1Cl. The molecule has 1 aromatic heterocycles. The van der Waals surface area contributed by atoms with Crippen LogP contribution in [0.3, 0.4) is 0 Å². The zero-order valence-electron chi connectivity index (χ0n) is 16.7. The molecule has 1 aliphatic heterocycles. The molecule has 3 aromatic rings. The van der Waals surface area contributed by atoms with Crippen molar-refractivity contribution in [2.45, 2.75) is 12.8 Å². The van der Waals surface area contributed by atoms with Gasteiger partial charge in [0.15, 0.2) is 0 Å². The van der Waals surface area contributed by atoms with Crippen LogP contribution in [-0.2, 0) is 0 Å². The van der Waals surface area contributed by atoms with Crippen molar-refractivity contribution in [3.05, 3.63) is 52.1 Å². The first-order valence-corrected chi connectivity index (χ1v) is 10.3. The third-order valence-corrected chi connectivity index (χ3v) is 5.72. The molecule has 0 aliphatic carbocycles. The molecule has 1 saturated heterocycles. The number of anilines is 2. The van der Waals surface area contributed by atoms with E-state index >= 15 is 0 Å². The summed E-state index contributed by atoms with van der Waals surface area (Å²) in [6.07, 6.45) is 3.61. The summed E-state index contributed by atoms with van der Waals surface area (Å²) in [4.78, 5) is 19.6. The van der Waals surface area contributed by atoms with Crippen molar-refractivity contribution in [1.29, 1.82) is 0 Å². The highest BCUT2D eigenvalue weighted by Gasteiger charge is 2.24. The number of nitrogens with one attached hydrogen (secondary N) is 1. The molecule has 1 aliphatic rings. The topological polar surface area (TPSA) is 63.7 Å². The van der Waals surface area contributed by atoms with Crippen LogP contribution in [0.4, 0.5) is 11.4 Å². The van der Waals surface area contributed by atoms with Crippen LogP contribution in [-0.4, -0.2) is 43.1 Å². The summed E-state index contributed by atoms with van der Waals surface area (Å²) < 4.78 is 10.8. The summed E-state index contributed by atoms with van der Waals surface area (Å²) in [6.45, 7) is 1.48. The number of hydrogen-bond donors (Lipinski definition) is 1. The Balaban J connectivity index is 1.88. The van der Waals surface area contributed by atoms with Gasteiger partial charge in [-0.15, -0.1) is 0 Å². The van der Waals surface area contributed by atoms with E-state index in [1.54, 1.807) is 44.7 Å². The number of nitrogens with zero attached hydrogens (tertiary/aromatic N) is 2. The number of benzene rings is 2. The highest BCUT2D eigenvalue weighted by atomic mass is 35.5. The molecule has 0 radical (unpaired) electrons. The van der Waals surface area contributed by atoms with E-state index in [0.29, 0.717) is 38.5 Å². The van der Waals surface area contributed by atoms with Gasteiger partial charge in [0.2, 0.25) is 0 Å². The van der Waals surface area contributed by atoms with Crippen LogP contribution in [0.5, 0.6) is 11.5 Å². The molecule has 30 heavy (non-hydrogen) atoms. The van der Waals surface area contributed by atoms with Crippen molar-refractivity contribution in [2.75, 3.05) is 32.6 Å². The number of carbonyl (C=O) groups excluding carboxylic acids is 1. The van der Waals surface area contributed by atoms with Gasteiger partial charge < -0.3 is 19.7 Å². The molecule has 0 saturated carbocycles. The fraction of sp³-hybridized carbons (Fsp3) is 0.273. The quantitative estimate of drug-likeness (QED) is 0.558.